The minimum absolute atomic E-state index is 0.00183. The van der Waals surface area contributed by atoms with Gasteiger partial charge < -0.3 is 5.73 Å². The first kappa shape index (κ1) is 18.0. The molecule has 0 aromatic heterocycles. The summed E-state index contributed by atoms with van der Waals surface area (Å²) in [6.45, 7) is 0. The lowest BCUT2D eigenvalue weighted by atomic mass is 10.1. The summed E-state index contributed by atoms with van der Waals surface area (Å²) in [4.78, 5) is 11.6. The Kier molecular flexibility index (Phi) is 4.97. The second-order valence-corrected chi connectivity index (χ2v) is 7.67. The Bertz CT molecular complexity index is 1050. The maximum Gasteiger partial charge on any atom is 0.261 e. The van der Waals surface area contributed by atoms with Gasteiger partial charge in [-0.25, -0.2) is 8.42 Å². The van der Waals surface area contributed by atoms with Crippen molar-refractivity contribution in [3.05, 3.63) is 83.4 Å². The fourth-order valence-electron chi connectivity index (χ4n) is 2.47. The molecular weight excluding hydrogens is 372 g/mol. The van der Waals surface area contributed by atoms with E-state index < -0.39 is 15.9 Å². The number of primary amides is 1. The predicted octanol–water partition coefficient (Wildman–Crippen LogP) is 3.91. The number of carbonyl (C=O) groups is 1. The van der Waals surface area contributed by atoms with E-state index in [9.17, 15) is 13.2 Å². The molecule has 0 aliphatic rings. The van der Waals surface area contributed by atoms with Gasteiger partial charge in [-0.2, -0.15) is 0 Å². The van der Waals surface area contributed by atoms with Crippen LogP contribution in [0, 0.1) is 0 Å². The van der Waals surface area contributed by atoms with Crippen molar-refractivity contribution < 1.29 is 13.2 Å². The van der Waals surface area contributed by atoms with E-state index in [1.165, 1.54) is 30.3 Å². The summed E-state index contributed by atoms with van der Waals surface area (Å²) in [6, 6.07) is 20.3. The van der Waals surface area contributed by atoms with Crippen LogP contribution in [0.15, 0.2) is 77.7 Å². The summed E-state index contributed by atoms with van der Waals surface area (Å²) < 4.78 is 27.6. The lowest BCUT2D eigenvalue weighted by molar-refractivity contribution is 0.100. The molecule has 3 aromatic carbocycles. The number of nitrogens with one attached hydrogen (secondary N) is 1. The number of anilines is 1. The molecule has 0 heterocycles. The SMILES string of the molecule is NC(=O)c1cc(Cl)ccc1NS(=O)(=O)c1ccc(-c2ccccc2)cc1. The molecule has 0 aliphatic heterocycles. The van der Waals surface area contributed by atoms with Crippen LogP contribution in [0.3, 0.4) is 0 Å². The van der Waals surface area contributed by atoms with Crippen molar-refractivity contribution in [2.24, 2.45) is 5.73 Å². The minimum Gasteiger partial charge on any atom is -0.366 e. The highest BCUT2D eigenvalue weighted by Crippen LogP contribution is 2.25. The molecule has 132 valence electrons. The van der Waals surface area contributed by atoms with Gasteiger partial charge in [0, 0.05) is 5.02 Å². The molecule has 0 spiro atoms. The van der Waals surface area contributed by atoms with Crippen molar-refractivity contribution in [2.45, 2.75) is 4.90 Å². The van der Waals surface area contributed by atoms with E-state index in [2.05, 4.69) is 4.72 Å². The molecule has 0 saturated heterocycles. The monoisotopic (exact) mass is 386 g/mol. The van der Waals surface area contributed by atoms with Gasteiger partial charge in [-0.1, -0.05) is 54.1 Å². The fourth-order valence-corrected chi connectivity index (χ4v) is 3.72. The van der Waals surface area contributed by atoms with Crippen LogP contribution >= 0.6 is 11.6 Å². The summed E-state index contributed by atoms with van der Waals surface area (Å²) in [5.74, 6) is -0.773. The molecule has 3 rings (SSSR count). The molecule has 5 nitrogen and oxygen atoms in total. The van der Waals surface area contributed by atoms with E-state index in [0.29, 0.717) is 0 Å². The van der Waals surface area contributed by atoms with E-state index in [1.807, 2.05) is 30.3 Å². The van der Waals surface area contributed by atoms with E-state index in [0.717, 1.165) is 11.1 Å². The number of carbonyl (C=O) groups excluding carboxylic acids is 1. The average Bonchev–Trinajstić information content (AvgIpc) is 2.64. The largest absolute Gasteiger partial charge is 0.366 e. The zero-order chi connectivity index (χ0) is 18.7. The van der Waals surface area contributed by atoms with Crippen LogP contribution in [-0.2, 0) is 10.0 Å². The van der Waals surface area contributed by atoms with E-state index in [-0.39, 0.29) is 21.2 Å². The quantitative estimate of drug-likeness (QED) is 0.696. The van der Waals surface area contributed by atoms with Crippen LogP contribution in [0.4, 0.5) is 5.69 Å². The molecule has 7 heteroatoms. The molecule has 0 aliphatic carbocycles. The first-order valence-electron chi connectivity index (χ1n) is 7.64. The van der Waals surface area contributed by atoms with E-state index in [4.69, 9.17) is 17.3 Å². The van der Waals surface area contributed by atoms with Crippen LogP contribution in [0.1, 0.15) is 10.4 Å². The Hall–Kier alpha value is -2.83. The summed E-state index contributed by atoms with van der Waals surface area (Å²) in [5.41, 5.74) is 7.25. The molecule has 0 radical (unpaired) electrons. The average molecular weight is 387 g/mol. The normalized spacial score (nSPS) is 11.1. The number of hydrogen-bond acceptors (Lipinski definition) is 3. The number of hydrogen-bond donors (Lipinski definition) is 2. The van der Waals surface area contributed by atoms with Gasteiger partial charge in [-0.3, -0.25) is 9.52 Å². The number of nitrogens with two attached hydrogens (primary N) is 1. The van der Waals surface area contributed by atoms with Gasteiger partial charge >= 0.3 is 0 Å². The van der Waals surface area contributed by atoms with Gasteiger partial charge in [0.2, 0.25) is 0 Å². The van der Waals surface area contributed by atoms with Crippen LogP contribution in [0.2, 0.25) is 5.02 Å². The third-order valence-corrected chi connectivity index (χ3v) is 5.38. The molecule has 3 aromatic rings. The maximum absolute atomic E-state index is 12.6. The van der Waals surface area contributed by atoms with Gasteiger partial charge in [-0.05, 0) is 41.5 Å². The Balaban J connectivity index is 1.91. The molecule has 3 N–H and O–H groups in total. The molecule has 0 bridgehead atoms. The number of sulfonamides is 1. The number of halogens is 1. The van der Waals surface area contributed by atoms with Crippen LogP contribution < -0.4 is 10.5 Å². The molecule has 1 amide bonds. The van der Waals surface area contributed by atoms with E-state index in [1.54, 1.807) is 12.1 Å². The van der Waals surface area contributed by atoms with Gasteiger partial charge in [-0.15, -0.1) is 0 Å². The minimum atomic E-state index is -3.88. The third kappa shape index (κ3) is 3.87. The topological polar surface area (TPSA) is 89.3 Å². The van der Waals surface area contributed by atoms with Crippen molar-refractivity contribution in [3.8, 4) is 11.1 Å². The molecule has 0 atom stereocenters. The van der Waals surface area contributed by atoms with E-state index >= 15 is 0 Å². The maximum atomic E-state index is 12.6. The Morgan fingerprint density at radius 2 is 1.50 bits per heavy atom. The predicted molar refractivity (Wildman–Crippen MR) is 103 cm³/mol. The number of amides is 1. The van der Waals surface area contributed by atoms with Crippen molar-refractivity contribution in [1.29, 1.82) is 0 Å². The van der Waals surface area contributed by atoms with Gasteiger partial charge in [0.25, 0.3) is 15.9 Å². The Morgan fingerprint density at radius 1 is 0.885 bits per heavy atom. The summed E-state index contributed by atoms with van der Waals surface area (Å²) >= 11 is 5.84. The Morgan fingerprint density at radius 3 is 2.12 bits per heavy atom. The molecular formula is C19H15ClN2O3S. The fraction of sp³-hybridized carbons (Fsp3) is 0. The van der Waals surface area contributed by atoms with Gasteiger partial charge in [0.1, 0.15) is 0 Å². The smallest absolute Gasteiger partial charge is 0.261 e. The lowest BCUT2D eigenvalue weighted by Crippen LogP contribution is -2.18. The summed E-state index contributed by atoms with van der Waals surface area (Å²) in [5, 5.41) is 0.286. The Labute approximate surface area is 156 Å². The molecule has 0 saturated carbocycles. The third-order valence-electron chi connectivity index (χ3n) is 3.76. The second kappa shape index (κ2) is 7.19. The van der Waals surface area contributed by atoms with Crippen molar-refractivity contribution in [3.63, 3.8) is 0 Å². The molecule has 26 heavy (non-hydrogen) atoms. The summed E-state index contributed by atoms with van der Waals surface area (Å²) in [6.07, 6.45) is 0. The van der Waals surface area contributed by atoms with Crippen molar-refractivity contribution >= 4 is 33.2 Å². The van der Waals surface area contributed by atoms with Crippen molar-refractivity contribution in [1.82, 2.24) is 0 Å². The lowest BCUT2D eigenvalue weighted by Gasteiger charge is -2.12. The van der Waals surface area contributed by atoms with Gasteiger partial charge in [0.05, 0.1) is 16.1 Å². The van der Waals surface area contributed by atoms with Crippen LogP contribution in [0.25, 0.3) is 11.1 Å². The highest BCUT2D eigenvalue weighted by atomic mass is 35.5. The number of benzene rings is 3. The molecule has 0 fully saturated rings. The van der Waals surface area contributed by atoms with Crippen LogP contribution in [0.5, 0.6) is 0 Å². The first-order valence-corrected chi connectivity index (χ1v) is 9.50. The standard InChI is InChI=1S/C19H15ClN2O3S/c20-15-8-11-18(17(12-15)19(21)23)22-26(24,25)16-9-6-14(7-10-16)13-4-2-1-3-5-13/h1-12,22H,(H2,21,23). The first-order chi connectivity index (χ1) is 12.4. The highest BCUT2D eigenvalue weighted by molar-refractivity contribution is 7.92. The zero-order valence-electron chi connectivity index (χ0n) is 13.5. The highest BCUT2D eigenvalue weighted by Gasteiger charge is 2.18. The van der Waals surface area contributed by atoms with Gasteiger partial charge in [0.15, 0.2) is 0 Å². The summed E-state index contributed by atoms with van der Waals surface area (Å²) in [7, 11) is -3.88. The number of rotatable bonds is 5. The van der Waals surface area contributed by atoms with Crippen LogP contribution in [-0.4, -0.2) is 14.3 Å². The zero-order valence-corrected chi connectivity index (χ0v) is 15.1. The molecule has 0 unspecified atom stereocenters. The second-order valence-electron chi connectivity index (χ2n) is 5.55. The van der Waals surface area contributed by atoms with Crippen molar-refractivity contribution in [2.75, 3.05) is 4.72 Å².